The zero-order valence-electron chi connectivity index (χ0n) is 4.95. The quantitative estimate of drug-likeness (QED) is 0.646. The van der Waals surface area contributed by atoms with Crippen molar-refractivity contribution >= 4 is 28.4 Å². The first kappa shape index (κ1) is 6.86. The molecule has 1 radical (unpaired) electrons. The van der Waals surface area contributed by atoms with Crippen molar-refractivity contribution in [2.24, 2.45) is 0 Å². The summed E-state index contributed by atoms with van der Waals surface area (Å²) in [6.45, 7) is 0. The molecular weight excluding hydrogens is 224 g/mol. The molecule has 0 aromatic heterocycles. The second-order valence-electron chi connectivity index (χ2n) is 1.71. The molecule has 0 amide bonds. The van der Waals surface area contributed by atoms with E-state index in [-0.39, 0.29) is 0 Å². The molecular formula is C8H7Te. The molecule has 0 heterocycles. The molecule has 0 bridgehead atoms. The van der Waals surface area contributed by atoms with Crippen LogP contribution in [0.1, 0.15) is 5.56 Å². The van der Waals surface area contributed by atoms with Crippen molar-refractivity contribution in [2.75, 3.05) is 0 Å². The number of hydrogen-bond acceptors (Lipinski definition) is 0. The molecule has 1 aromatic rings. The Bertz CT molecular complexity index is 189. The van der Waals surface area contributed by atoms with E-state index < -0.39 is 0 Å². The fourth-order valence-corrected chi connectivity index (χ4v) is 1.09. The number of benzene rings is 1. The van der Waals surface area contributed by atoms with E-state index in [1.165, 1.54) is 5.56 Å². The van der Waals surface area contributed by atoms with E-state index in [2.05, 4.69) is 18.2 Å². The van der Waals surface area contributed by atoms with E-state index in [1.807, 2.05) is 44.6 Å². The van der Waals surface area contributed by atoms with Gasteiger partial charge in [0.1, 0.15) is 0 Å². The fraction of sp³-hybridized carbons (Fsp3) is 0. The van der Waals surface area contributed by atoms with Crippen LogP contribution in [0.15, 0.2) is 34.5 Å². The number of hydrogen-bond donors (Lipinski definition) is 0. The Morgan fingerprint density at radius 3 is 2.33 bits per heavy atom. The first-order chi connectivity index (χ1) is 4.43. The van der Waals surface area contributed by atoms with Crippen LogP contribution in [0.2, 0.25) is 0 Å². The first-order valence-electron chi connectivity index (χ1n) is 2.77. The van der Waals surface area contributed by atoms with Crippen LogP contribution in [-0.2, 0) is 0 Å². The van der Waals surface area contributed by atoms with Crippen LogP contribution in [-0.4, -0.2) is 22.3 Å². The second kappa shape index (κ2) is 3.71. The molecule has 0 fully saturated rings. The van der Waals surface area contributed by atoms with Gasteiger partial charge in [0.15, 0.2) is 0 Å². The van der Waals surface area contributed by atoms with Gasteiger partial charge >= 0.3 is 68.4 Å². The van der Waals surface area contributed by atoms with Gasteiger partial charge in [0, 0.05) is 0 Å². The summed E-state index contributed by atoms with van der Waals surface area (Å²) in [5.41, 5.74) is 1.27. The van der Waals surface area contributed by atoms with Crippen LogP contribution >= 0.6 is 0 Å². The van der Waals surface area contributed by atoms with Crippen molar-refractivity contribution < 1.29 is 0 Å². The molecule has 0 N–H and O–H groups in total. The Labute approximate surface area is 68.5 Å². The fourth-order valence-electron chi connectivity index (χ4n) is 0.643. The van der Waals surface area contributed by atoms with Crippen LogP contribution in [0, 0.1) is 0 Å². The Balaban J connectivity index is 2.85. The maximum atomic E-state index is 2.09. The summed E-state index contributed by atoms with van der Waals surface area (Å²) in [6, 6.07) is 10.3. The minimum absolute atomic E-state index is 1.27. The summed E-state index contributed by atoms with van der Waals surface area (Å²) in [7, 11) is 0. The summed E-state index contributed by atoms with van der Waals surface area (Å²) in [4.78, 5) is 0. The molecule has 0 aliphatic heterocycles. The summed E-state index contributed by atoms with van der Waals surface area (Å²) < 4.78 is 2.05. The monoisotopic (exact) mass is 233 g/mol. The van der Waals surface area contributed by atoms with Gasteiger partial charge in [0.2, 0.25) is 0 Å². The molecule has 9 heavy (non-hydrogen) atoms. The Hall–Kier alpha value is -0.250. The van der Waals surface area contributed by atoms with Crippen LogP contribution in [0.3, 0.4) is 0 Å². The third-order valence-corrected chi connectivity index (χ3v) is 1.45. The molecule has 45 valence electrons. The maximum absolute atomic E-state index is 2.09. The van der Waals surface area contributed by atoms with Crippen LogP contribution < -0.4 is 0 Å². The van der Waals surface area contributed by atoms with Gasteiger partial charge in [0.25, 0.3) is 0 Å². The van der Waals surface area contributed by atoms with E-state index in [0.717, 1.165) is 0 Å². The SMILES string of the molecule is [Te]C=Cc1ccccc1. The first-order valence-corrected chi connectivity index (χ1v) is 4.11. The van der Waals surface area contributed by atoms with Gasteiger partial charge in [0.05, 0.1) is 0 Å². The molecule has 0 aliphatic carbocycles. The molecule has 0 aliphatic rings. The zero-order valence-corrected chi connectivity index (χ0v) is 7.28. The predicted octanol–water partition coefficient (Wildman–Crippen LogP) is 1.83. The summed E-state index contributed by atoms with van der Waals surface area (Å²) in [5, 5.41) is 0. The van der Waals surface area contributed by atoms with E-state index in [4.69, 9.17) is 0 Å². The van der Waals surface area contributed by atoms with Crippen molar-refractivity contribution in [1.29, 1.82) is 0 Å². The third kappa shape index (κ3) is 2.22. The van der Waals surface area contributed by atoms with E-state index in [0.29, 0.717) is 0 Å². The van der Waals surface area contributed by atoms with Crippen molar-refractivity contribution in [3.63, 3.8) is 0 Å². The van der Waals surface area contributed by atoms with E-state index in [1.54, 1.807) is 0 Å². The third-order valence-electron chi connectivity index (χ3n) is 1.06. The van der Waals surface area contributed by atoms with Gasteiger partial charge < -0.3 is 0 Å². The molecule has 1 aromatic carbocycles. The molecule has 0 unspecified atom stereocenters. The molecule has 0 nitrogen and oxygen atoms in total. The molecule has 1 heteroatoms. The molecule has 0 spiro atoms. The van der Waals surface area contributed by atoms with Gasteiger partial charge in [-0.3, -0.25) is 0 Å². The molecule has 0 saturated carbocycles. The van der Waals surface area contributed by atoms with Crippen molar-refractivity contribution in [1.82, 2.24) is 0 Å². The minimum atomic E-state index is 1.27. The Kier molecular flexibility index (Phi) is 2.83. The average Bonchev–Trinajstić information content (AvgIpc) is 1.91. The van der Waals surface area contributed by atoms with Crippen molar-refractivity contribution in [3.8, 4) is 0 Å². The van der Waals surface area contributed by atoms with Gasteiger partial charge in [-0.05, 0) is 0 Å². The molecule has 0 atom stereocenters. The topological polar surface area (TPSA) is 0 Å². The Morgan fingerprint density at radius 1 is 1.11 bits per heavy atom. The standard InChI is InChI=1S/C8H7Te/c9-7-6-8-4-2-1-3-5-8/h1-7H. The van der Waals surface area contributed by atoms with Gasteiger partial charge in [-0.15, -0.1) is 0 Å². The normalized spacial score (nSPS) is 10.2. The van der Waals surface area contributed by atoms with Crippen LogP contribution in [0.4, 0.5) is 0 Å². The van der Waals surface area contributed by atoms with Gasteiger partial charge in [-0.25, -0.2) is 0 Å². The van der Waals surface area contributed by atoms with E-state index >= 15 is 0 Å². The second-order valence-corrected chi connectivity index (χ2v) is 2.49. The van der Waals surface area contributed by atoms with Crippen molar-refractivity contribution in [2.45, 2.75) is 0 Å². The van der Waals surface area contributed by atoms with Gasteiger partial charge in [-0.2, -0.15) is 0 Å². The summed E-state index contributed by atoms with van der Waals surface area (Å²) in [6.07, 6.45) is 2.09. The van der Waals surface area contributed by atoms with Crippen LogP contribution in [0.25, 0.3) is 6.08 Å². The van der Waals surface area contributed by atoms with Crippen molar-refractivity contribution in [3.05, 3.63) is 40.0 Å². The van der Waals surface area contributed by atoms with E-state index in [9.17, 15) is 0 Å². The Morgan fingerprint density at radius 2 is 1.78 bits per heavy atom. The zero-order chi connectivity index (χ0) is 6.53. The molecule has 0 saturated heterocycles. The van der Waals surface area contributed by atoms with Crippen LogP contribution in [0.5, 0.6) is 0 Å². The average molecular weight is 231 g/mol. The summed E-state index contributed by atoms with van der Waals surface area (Å²) >= 11 is 1.96. The predicted molar refractivity (Wildman–Crippen MR) is 41.2 cm³/mol. The summed E-state index contributed by atoms with van der Waals surface area (Å²) in [5.74, 6) is 0. The molecule has 1 rings (SSSR count). The number of rotatable bonds is 1. The van der Waals surface area contributed by atoms with Gasteiger partial charge in [-0.1, -0.05) is 0 Å².